The van der Waals surface area contributed by atoms with E-state index in [1.807, 2.05) is 30.3 Å². The first kappa shape index (κ1) is 20.8. The van der Waals surface area contributed by atoms with Gasteiger partial charge in [-0.1, -0.05) is 37.3 Å². The number of ether oxygens (including phenoxy) is 1. The molecule has 0 radical (unpaired) electrons. The molecule has 0 bridgehead atoms. The van der Waals surface area contributed by atoms with Crippen LogP contribution in [0.25, 0.3) is 0 Å². The van der Waals surface area contributed by atoms with E-state index in [1.165, 1.54) is 12.4 Å². The number of nitrogens with one attached hydrogen (secondary N) is 3. The number of Topliss-reactive ketones (excluding diaryl/α,β-unsaturated/α-hetero) is 2. The first-order chi connectivity index (χ1) is 13.5. The van der Waals surface area contributed by atoms with E-state index in [9.17, 15) is 19.2 Å². The number of imidazole rings is 1. The van der Waals surface area contributed by atoms with Crippen molar-refractivity contribution in [1.29, 1.82) is 0 Å². The molecular weight excluding hydrogens is 364 g/mol. The molecule has 0 aliphatic carbocycles. The second-order valence-corrected chi connectivity index (χ2v) is 6.14. The van der Waals surface area contributed by atoms with E-state index in [0.717, 1.165) is 5.56 Å². The minimum atomic E-state index is -0.710. The van der Waals surface area contributed by atoms with Crippen molar-refractivity contribution in [3.8, 4) is 0 Å². The van der Waals surface area contributed by atoms with Crippen LogP contribution in [-0.4, -0.2) is 46.6 Å². The van der Waals surface area contributed by atoms with Gasteiger partial charge in [0.2, 0.25) is 11.7 Å². The number of hydrogen-bond donors (Lipinski definition) is 3. The van der Waals surface area contributed by atoms with E-state index in [4.69, 9.17) is 4.74 Å². The van der Waals surface area contributed by atoms with Crippen molar-refractivity contribution in [2.24, 2.45) is 5.92 Å². The second kappa shape index (κ2) is 10.6. The fourth-order valence-electron chi connectivity index (χ4n) is 2.29. The van der Waals surface area contributed by atoms with E-state index in [0.29, 0.717) is 0 Å². The van der Waals surface area contributed by atoms with Crippen molar-refractivity contribution in [3.63, 3.8) is 0 Å². The number of aromatic amines is 1. The fraction of sp³-hybridized carbons (Fsp3) is 0.316. The Morgan fingerprint density at radius 3 is 2.54 bits per heavy atom. The summed E-state index contributed by atoms with van der Waals surface area (Å²) < 4.78 is 5.00. The third kappa shape index (κ3) is 7.02. The van der Waals surface area contributed by atoms with Crippen LogP contribution in [0.1, 0.15) is 29.5 Å². The average Bonchev–Trinajstić information content (AvgIpc) is 3.24. The molecule has 1 atom stereocenters. The number of alkyl carbamates (subject to hydrolysis) is 1. The number of nitrogens with zero attached hydrogens (tertiary/aromatic N) is 1. The number of carbonyl (C=O) groups excluding carboxylic acids is 4. The largest absolute Gasteiger partial charge is 0.445 e. The molecule has 28 heavy (non-hydrogen) atoms. The summed E-state index contributed by atoms with van der Waals surface area (Å²) in [5.74, 6) is -1.60. The van der Waals surface area contributed by atoms with Crippen molar-refractivity contribution in [2.75, 3.05) is 13.1 Å². The molecule has 1 aromatic carbocycles. The van der Waals surface area contributed by atoms with Crippen LogP contribution in [-0.2, 0) is 20.9 Å². The topological polar surface area (TPSA) is 130 Å². The molecule has 2 amide bonds. The van der Waals surface area contributed by atoms with Gasteiger partial charge >= 0.3 is 6.09 Å². The SMILES string of the molecule is C[C@H](CC(=O)CNC(=O)OCc1ccccc1)C(=O)NCC(=O)c1ncc[nH]1. The zero-order valence-corrected chi connectivity index (χ0v) is 15.4. The van der Waals surface area contributed by atoms with Gasteiger partial charge < -0.3 is 20.4 Å². The number of carbonyl (C=O) groups is 4. The van der Waals surface area contributed by atoms with Gasteiger partial charge in [0, 0.05) is 24.7 Å². The molecule has 3 N–H and O–H groups in total. The highest BCUT2D eigenvalue weighted by atomic mass is 16.5. The lowest BCUT2D eigenvalue weighted by atomic mass is 10.0. The van der Waals surface area contributed by atoms with E-state index >= 15 is 0 Å². The van der Waals surface area contributed by atoms with Gasteiger partial charge in [-0.2, -0.15) is 0 Å². The highest BCUT2D eigenvalue weighted by Crippen LogP contribution is 2.03. The van der Waals surface area contributed by atoms with E-state index in [2.05, 4.69) is 20.6 Å². The Morgan fingerprint density at radius 1 is 1.11 bits per heavy atom. The minimum absolute atomic E-state index is 0.0697. The van der Waals surface area contributed by atoms with E-state index in [1.54, 1.807) is 6.92 Å². The summed E-state index contributed by atoms with van der Waals surface area (Å²) >= 11 is 0. The molecule has 0 unspecified atom stereocenters. The predicted octanol–water partition coefficient (Wildman–Crippen LogP) is 1.23. The van der Waals surface area contributed by atoms with Crippen molar-refractivity contribution in [2.45, 2.75) is 20.0 Å². The molecule has 0 spiro atoms. The lowest BCUT2D eigenvalue weighted by Crippen LogP contribution is -2.36. The van der Waals surface area contributed by atoms with Gasteiger partial charge in [0.15, 0.2) is 11.6 Å². The Balaban J connectivity index is 1.63. The molecule has 2 rings (SSSR count). The van der Waals surface area contributed by atoms with Crippen molar-refractivity contribution < 1.29 is 23.9 Å². The Bertz CT molecular complexity index is 805. The van der Waals surface area contributed by atoms with Crippen LogP contribution in [0.3, 0.4) is 0 Å². The monoisotopic (exact) mass is 386 g/mol. The number of amides is 2. The van der Waals surface area contributed by atoms with Gasteiger partial charge in [0.25, 0.3) is 0 Å². The number of rotatable bonds is 10. The summed E-state index contributed by atoms with van der Waals surface area (Å²) in [6.45, 7) is 1.22. The summed E-state index contributed by atoms with van der Waals surface area (Å²) in [5, 5.41) is 4.82. The summed E-state index contributed by atoms with van der Waals surface area (Å²) in [6, 6.07) is 9.14. The summed E-state index contributed by atoms with van der Waals surface area (Å²) in [5.41, 5.74) is 0.832. The summed E-state index contributed by atoms with van der Waals surface area (Å²) in [6.07, 6.45) is 2.17. The number of aromatic nitrogens is 2. The molecule has 148 valence electrons. The van der Waals surface area contributed by atoms with Gasteiger partial charge in [0.05, 0.1) is 13.1 Å². The highest BCUT2D eigenvalue weighted by Gasteiger charge is 2.19. The molecule has 1 aromatic heterocycles. The number of H-pyrrole nitrogens is 1. The third-order valence-electron chi connectivity index (χ3n) is 3.81. The number of hydrogen-bond acceptors (Lipinski definition) is 6. The van der Waals surface area contributed by atoms with Crippen LogP contribution in [0.5, 0.6) is 0 Å². The molecule has 0 fully saturated rings. The maximum Gasteiger partial charge on any atom is 0.407 e. The smallest absolute Gasteiger partial charge is 0.407 e. The van der Waals surface area contributed by atoms with Gasteiger partial charge in [-0.15, -0.1) is 0 Å². The first-order valence-corrected chi connectivity index (χ1v) is 8.72. The van der Waals surface area contributed by atoms with Crippen LogP contribution in [0.4, 0.5) is 4.79 Å². The van der Waals surface area contributed by atoms with Gasteiger partial charge in [-0.25, -0.2) is 9.78 Å². The zero-order valence-electron chi connectivity index (χ0n) is 15.4. The Labute approximate surface area is 161 Å². The third-order valence-corrected chi connectivity index (χ3v) is 3.81. The maximum atomic E-state index is 12.0. The molecule has 0 saturated carbocycles. The van der Waals surface area contributed by atoms with E-state index < -0.39 is 17.9 Å². The Hall–Kier alpha value is -3.49. The predicted molar refractivity (Wildman–Crippen MR) is 99.3 cm³/mol. The molecule has 0 saturated heterocycles. The Kier molecular flexibility index (Phi) is 7.89. The van der Waals surface area contributed by atoms with Crippen molar-refractivity contribution >= 4 is 23.6 Å². The molecular formula is C19H22N4O5. The van der Waals surface area contributed by atoms with Crippen LogP contribution in [0.2, 0.25) is 0 Å². The van der Waals surface area contributed by atoms with Crippen LogP contribution < -0.4 is 10.6 Å². The zero-order chi connectivity index (χ0) is 20.4. The van der Waals surface area contributed by atoms with Crippen molar-refractivity contribution in [1.82, 2.24) is 20.6 Å². The highest BCUT2D eigenvalue weighted by molar-refractivity contribution is 5.97. The first-order valence-electron chi connectivity index (χ1n) is 8.72. The summed E-state index contributed by atoms with van der Waals surface area (Å²) in [7, 11) is 0. The Morgan fingerprint density at radius 2 is 1.86 bits per heavy atom. The molecule has 1 heterocycles. The number of ketones is 2. The second-order valence-electron chi connectivity index (χ2n) is 6.14. The minimum Gasteiger partial charge on any atom is -0.445 e. The van der Waals surface area contributed by atoms with Gasteiger partial charge in [-0.05, 0) is 5.56 Å². The average molecular weight is 386 g/mol. The molecule has 0 aliphatic heterocycles. The standard InChI is InChI=1S/C19H22N4O5/c1-13(18(26)22-11-16(25)17-20-7-8-21-17)9-15(24)10-23-19(27)28-12-14-5-3-2-4-6-14/h2-8,13H,9-12H2,1H3,(H,20,21)(H,22,26)(H,23,27)/t13-/m1/s1. The van der Waals surface area contributed by atoms with Crippen molar-refractivity contribution in [3.05, 3.63) is 54.1 Å². The lowest BCUT2D eigenvalue weighted by Gasteiger charge is -2.11. The van der Waals surface area contributed by atoms with Gasteiger partial charge in [-0.3, -0.25) is 14.4 Å². The molecule has 9 heteroatoms. The fourth-order valence-corrected chi connectivity index (χ4v) is 2.29. The number of benzene rings is 1. The van der Waals surface area contributed by atoms with E-state index in [-0.39, 0.29) is 43.5 Å². The molecule has 0 aliphatic rings. The summed E-state index contributed by atoms with van der Waals surface area (Å²) in [4.78, 5) is 53.8. The van der Waals surface area contributed by atoms with Crippen LogP contribution >= 0.6 is 0 Å². The molecule has 9 nitrogen and oxygen atoms in total. The van der Waals surface area contributed by atoms with Crippen LogP contribution in [0, 0.1) is 5.92 Å². The van der Waals surface area contributed by atoms with Crippen LogP contribution in [0.15, 0.2) is 42.7 Å². The lowest BCUT2D eigenvalue weighted by molar-refractivity contribution is -0.128. The maximum absolute atomic E-state index is 12.0. The van der Waals surface area contributed by atoms with Gasteiger partial charge in [0.1, 0.15) is 6.61 Å². The molecule has 2 aromatic rings. The normalized spacial score (nSPS) is 11.3. The quantitative estimate of drug-likeness (QED) is 0.527.